The highest BCUT2D eigenvalue weighted by Gasteiger charge is 2.23. The van der Waals surface area contributed by atoms with Crippen LogP contribution in [0.3, 0.4) is 0 Å². The fourth-order valence-electron chi connectivity index (χ4n) is 3.01. The first-order valence-corrected chi connectivity index (χ1v) is 8.45. The molecule has 0 spiro atoms. The van der Waals surface area contributed by atoms with Crippen LogP contribution in [0.1, 0.15) is 11.4 Å². The van der Waals surface area contributed by atoms with E-state index in [4.69, 9.17) is 4.74 Å². The number of anilines is 1. The number of aryl methyl sites for hydroxylation is 2. The highest BCUT2D eigenvalue weighted by molar-refractivity contribution is 5.91. The van der Waals surface area contributed by atoms with E-state index in [0.29, 0.717) is 32.0 Å². The summed E-state index contributed by atoms with van der Waals surface area (Å²) in [5.41, 5.74) is 3.45. The summed E-state index contributed by atoms with van der Waals surface area (Å²) in [5, 5.41) is 16.9. The van der Waals surface area contributed by atoms with Crippen LogP contribution in [0.15, 0.2) is 30.3 Å². The first-order chi connectivity index (χ1) is 12.1. The quantitative estimate of drug-likeness (QED) is 0.892. The molecule has 1 aliphatic rings. The average molecular weight is 344 g/mol. The molecule has 1 aromatic heterocycles. The molecule has 2 N–H and O–H groups in total. The van der Waals surface area contributed by atoms with E-state index in [0.717, 1.165) is 17.1 Å². The number of carbonyl (C=O) groups is 1. The molecule has 7 nitrogen and oxygen atoms in total. The summed E-state index contributed by atoms with van der Waals surface area (Å²) >= 11 is 0. The molecular weight excluding hydrogens is 320 g/mol. The van der Waals surface area contributed by atoms with E-state index >= 15 is 0 Å². The second-order valence-corrected chi connectivity index (χ2v) is 6.36. The molecule has 1 fully saturated rings. The van der Waals surface area contributed by atoms with Crippen LogP contribution in [0, 0.1) is 19.8 Å². The van der Waals surface area contributed by atoms with Crippen molar-refractivity contribution in [1.82, 2.24) is 14.7 Å². The number of nitrogens with one attached hydrogen (secondary N) is 1. The van der Waals surface area contributed by atoms with Crippen LogP contribution >= 0.6 is 0 Å². The largest absolute Gasteiger partial charge is 0.396 e. The number of aliphatic hydroxyl groups is 1. The van der Waals surface area contributed by atoms with Crippen LogP contribution in [0.2, 0.25) is 0 Å². The Hall–Kier alpha value is -2.38. The van der Waals surface area contributed by atoms with Crippen molar-refractivity contribution in [3.63, 3.8) is 0 Å². The highest BCUT2D eigenvalue weighted by atomic mass is 16.5. The van der Waals surface area contributed by atoms with Crippen molar-refractivity contribution in [3.8, 4) is 5.69 Å². The zero-order valence-electron chi connectivity index (χ0n) is 14.6. The van der Waals surface area contributed by atoms with E-state index in [1.807, 2.05) is 48.9 Å². The van der Waals surface area contributed by atoms with Crippen LogP contribution in [0.4, 0.5) is 10.5 Å². The second-order valence-electron chi connectivity index (χ2n) is 6.36. The van der Waals surface area contributed by atoms with E-state index in [1.165, 1.54) is 0 Å². The maximum Gasteiger partial charge on any atom is 0.321 e. The molecule has 0 radical (unpaired) electrons. The number of benzene rings is 1. The van der Waals surface area contributed by atoms with Gasteiger partial charge >= 0.3 is 6.03 Å². The molecule has 1 aromatic carbocycles. The topological polar surface area (TPSA) is 79.6 Å². The Morgan fingerprint density at radius 3 is 2.92 bits per heavy atom. The predicted molar refractivity (Wildman–Crippen MR) is 95.0 cm³/mol. The van der Waals surface area contributed by atoms with Gasteiger partial charge < -0.3 is 20.1 Å². The van der Waals surface area contributed by atoms with Crippen molar-refractivity contribution in [2.75, 3.05) is 38.2 Å². The molecule has 25 heavy (non-hydrogen) atoms. The Labute approximate surface area is 147 Å². The molecule has 1 unspecified atom stereocenters. The number of carbonyl (C=O) groups excluding carboxylic acids is 1. The summed E-state index contributed by atoms with van der Waals surface area (Å²) in [6.07, 6.45) is 0. The number of para-hydroxylation sites is 2. The van der Waals surface area contributed by atoms with E-state index in [9.17, 15) is 9.90 Å². The van der Waals surface area contributed by atoms with Crippen LogP contribution in [0.5, 0.6) is 0 Å². The van der Waals surface area contributed by atoms with Gasteiger partial charge in [0.25, 0.3) is 0 Å². The minimum atomic E-state index is -0.196. The molecule has 1 aliphatic heterocycles. The smallest absolute Gasteiger partial charge is 0.321 e. The van der Waals surface area contributed by atoms with Gasteiger partial charge in [0.15, 0.2) is 0 Å². The molecule has 1 atom stereocenters. The number of aromatic nitrogens is 2. The lowest BCUT2D eigenvalue weighted by molar-refractivity contribution is 0.0958. The van der Waals surface area contributed by atoms with E-state index in [2.05, 4.69) is 10.4 Å². The van der Waals surface area contributed by atoms with Crippen molar-refractivity contribution in [2.45, 2.75) is 13.8 Å². The van der Waals surface area contributed by atoms with Crippen molar-refractivity contribution in [3.05, 3.63) is 41.7 Å². The van der Waals surface area contributed by atoms with Crippen molar-refractivity contribution < 1.29 is 14.6 Å². The van der Waals surface area contributed by atoms with Crippen LogP contribution in [-0.4, -0.2) is 58.7 Å². The van der Waals surface area contributed by atoms with Crippen molar-refractivity contribution >= 4 is 11.7 Å². The molecule has 2 heterocycles. The SMILES string of the molecule is Cc1cc(C)n(-c2ccccc2NC(=O)N2CCOCC(CO)C2)n1. The third-order valence-electron chi connectivity index (χ3n) is 4.27. The molecule has 7 heteroatoms. The zero-order chi connectivity index (χ0) is 17.8. The minimum absolute atomic E-state index is 0.00608. The molecular formula is C18H24N4O3. The van der Waals surface area contributed by atoms with Gasteiger partial charge in [0, 0.05) is 31.3 Å². The number of aliphatic hydroxyl groups excluding tert-OH is 1. The van der Waals surface area contributed by atoms with E-state index in [1.54, 1.807) is 4.90 Å². The third kappa shape index (κ3) is 4.00. The lowest BCUT2D eigenvalue weighted by Crippen LogP contribution is -2.39. The van der Waals surface area contributed by atoms with Gasteiger partial charge in [-0.25, -0.2) is 9.48 Å². The average Bonchev–Trinajstić information content (AvgIpc) is 2.81. The number of nitrogens with zero attached hydrogens (tertiary/aromatic N) is 3. The Morgan fingerprint density at radius 2 is 2.20 bits per heavy atom. The minimum Gasteiger partial charge on any atom is -0.396 e. The summed E-state index contributed by atoms with van der Waals surface area (Å²) < 4.78 is 7.27. The Balaban J connectivity index is 1.81. The Bertz CT molecular complexity index is 744. The van der Waals surface area contributed by atoms with Crippen molar-refractivity contribution in [2.24, 2.45) is 5.92 Å². The third-order valence-corrected chi connectivity index (χ3v) is 4.27. The first kappa shape index (κ1) is 17.4. The lowest BCUT2D eigenvalue weighted by atomic mass is 10.1. The standard InChI is InChI=1S/C18H24N4O3/c1-13-9-14(2)22(20-13)17-6-4-3-5-16(17)19-18(24)21-7-8-25-12-15(10-21)11-23/h3-6,9,15,23H,7-8,10-12H2,1-2H3,(H,19,24). The Kier molecular flexibility index (Phi) is 5.35. The van der Waals surface area contributed by atoms with Crippen LogP contribution in [-0.2, 0) is 4.74 Å². The van der Waals surface area contributed by atoms with E-state index < -0.39 is 0 Å². The first-order valence-electron chi connectivity index (χ1n) is 8.45. The second kappa shape index (κ2) is 7.67. The van der Waals surface area contributed by atoms with Gasteiger partial charge in [-0.1, -0.05) is 12.1 Å². The maximum atomic E-state index is 12.7. The fraction of sp³-hybridized carbons (Fsp3) is 0.444. The van der Waals surface area contributed by atoms with Gasteiger partial charge in [-0.3, -0.25) is 0 Å². The predicted octanol–water partition coefficient (Wildman–Crippen LogP) is 1.96. The summed E-state index contributed by atoms with van der Waals surface area (Å²) in [6, 6.07) is 9.39. The molecule has 0 saturated carbocycles. The van der Waals surface area contributed by atoms with E-state index in [-0.39, 0.29) is 18.6 Å². The summed E-state index contributed by atoms with van der Waals surface area (Å²) in [7, 11) is 0. The molecule has 1 saturated heterocycles. The zero-order valence-corrected chi connectivity index (χ0v) is 14.6. The van der Waals surface area contributed by atoms with Gasteiger partial charge in [-0.2, -0.15) is 5.10 Å². The summed E-state index contributed by atoms with van der Waals surface area (Å²) in [5.74, 6) is -0.0560. The van der Waals surface area contributed by atoms with Crippen LogP contribution in [0.25, 0.3) is 5.69 Å². The highest BCUT2D eigenvalue weighted by Crippen LogP contribution is 2.22. The molecule has 2 aromatic rings. The van der Waals surface area contributed by atoms with Gasteiger partial charge in [-0.15, -0.1) is 0 Å². The summed E-state index contributed by atoms with van der Waals surface area (Å²) in [4.78, 5) is 14.4. The van der Waals surface area contributed by atoms with Gasteiger partial charge in [0.2, 0.25) is 0 Å². The molecule has 3 rings (SSSR count). The normalized spacial score (nSPS) is 18.0. The molecule has 134 valence electrons. The molecule has 2 amide bonds. The lowest BCUT2D eigenvalue weighted by Gasteiger charge is -2.23. The Morgan fingerprint density at radius 1 is 1.40 bits per heavy atom. The maximum absolute atomic E-state index is 12.7. The molecule has 0 bridgehead atoms. The van der Waals surface area contributed by atoms with Gasteiger partial charge in [0.05, 0.1) is 30.3 Å². The van der Waals surface area contributed by atoms with Gasteiger partial charge in [0.1, 0.15) is 0 Å². The fourth-order valence-corrected chi connectivity index (χ4v) is 3.01. The monoisotopic (exact) mass is 344 g/mol. The molecule has 0 aliphatic carbocycles. The van der Waals surface area contributed by atoms with Crippen LogP contribution < -0.4 is 5.32 Å². The number of hydrogen-bond acceptors (Lipinski definition) is 4. The number of amides is 2. The number of rotatable bonds is 3. The van der Waals surface area contributed by atoms with Crippen molar-refractivity contribution in [1.29, 1.82) is 0 Å². The number of urea groups is 1. The summed E-state index contributed by atoms with van der Waals surface area (Å²) in [6.45, 7) is 5.86. The number of ether oxygens (including phenoxy) is 1. The number of hydrogen-bond donors (Lipinski definition) is 2. The van der Waals surface area contributed by atoms with Gasteiger partial charge in [-0.05, 0) is 32.0 Å².